The summed E-state index contributed by atoms with van der Waals surface area (Å²) in [5, 5.41) is 3.38. The van der Waals surface area contributed by atoms with E-state index in [0.29, 0.717) is 16.3 Å². The van der Waals surface area contributed by atoms with Crippen molar-refractivity contribution in [2.24, 2.45) is 0 Å². The molecular formula is C16H15BrClNO. The van der Waals surface area contributed by atoms with E-state index < -0.39 is 0 Å². The molecule has 0 aromatic heterocycles. The molecule has 0 aliphatic heterocycles. The maximum absolute atomic E-state index is 12.4. The van der Waals surface area contributed by atoms with E-state index in [9.17, 15) is 4.79 Å². The lowest BCUT2D eigenvalue weighted by molar-refractivity contribution is 0.102. The van der Waals surface area contributed by atoms with E-state index >= 15 is 0 Å². The third-order valence-corrected chi connectivity index (χ3v) is 4.68. The van der Waals surface area contributed by atoms with E-state index in [4.69, 9.17) is 11.6 Å². The van der Waals surface area contributed by atoms with Crippen LogP contribution < -0.4 is 5.32 Å². The van der Waals surface area contributed by atoms with Crippen LogP contribution in [0.2, 0.25) is 5.02 Å². The summed E-state index contributed by atoms with van der Waals surface area (Å²) in [5.74, 6) is -0.153. The van der Waals surface area contributed by atoms with E-state index in [1.807, 2.05) is 39.0 Å². The normalized spacial score (nSPS) is 10.4. The second-order valence-corrected chi connectivity index (χ2v) is 5.98. The standard InChI is InChI=1S/C16H15BrClNO/c1-9-10(2)12(8-13(17)11(9)3)16(20)19-15-7-5-4-6-14(15)18/h4-8H,1-3H3,(H,19,20). The van der Waals surface area contributed by atoms with Crippen LogP contribution >= 0.6 is 27.5 Å². The van der Waals surface area contributed by atoms with Crippen LogP contribution in [0.5, 0.6) is 0 Å². The molecule has 2 nitrogen and oxygen atoms in total. The van der Waals surface area contributed by atoms with E-state index in [0.717, 1.165) is 21.2 Å². The largest absolute Gasteiger partial charge is 0.321 e. The van der Waals surface area contributed by atoms with Gasteiger partial charge in [-0.25, -0.2) is 0 Å². The van der Waals surface area contributed by atoms with Crippen LogP contribution in [0, 0.1) is 20.8 Å². The van der Waals surface area contributed by atoms with Crippen LogP contribution in [0.15, 0.2) is 34.8 Å². The van der Waals surface area contributed by atoms with Crippen molar-refractivity contribution < 1.29 is 4.79 Å². The number of carbonyl (C=O) groups is 1. The highest BCUT2D eigenvalue weighted by Gasteiger charge is 2.15. The molecule has 2 aromatic rings. The zero-order valence-corrected chi connectivity index (χ0v) is 13.9. The molecule has 4 heteroatoms. The highest BCUT2D eigenvalue weighted by Crippen LogP contribution is 2.27. The van der Waals surface area contributed by atoms with Gasteiger partial charge in [0.25, 0.3) is 5.91 Å². The predicted molar refractivity (Wildman–Crippen MR) is 87.8 cm³/mol. The van der Waals surface area contributed by atoms with Crippen molar-refractivity contribution in [2.75, 3.05) is 5.32 Å². The first-order valence-corrected chi connectivity index (χ1v) is 7.41. The van der Waals surface area contributed by atoms with Crippen molar-refractivity contribution in [1.82, 2.24) is 0 Å². The lowest BCUT2D eigenvalue weighted by Crippen LogP contribution is -2.14. The molecule has 1 amide bonds. The number of hydrogen-bond acceptors (Lipinski definition) is 1. The van der Waals surface area contributed by atoms with Crippen molar-refractivity contribution in [3.05, 3.63) is 62.1 Å². The van der Waals surface area contributed by atoms with Crippen LogP contribution in [0.25, 0.3) is 0 Å². The zero-order chi connectivity index (χ0) is 14.9. The first kappa shape index (κ1) is 15.1. The Morgan fingerprint density at radius 3 is 2.40 bits per heavy atom. The molecule has 20 heavy (non-hydrogen) atoms. The molecule has 0 saturated carbocycles. The Kier molecular flexibility index (Phi) is 4.51. The Morgan fingerprint density at radius 2 is 1.75 bits per heavy atom. The predicted octanol–water partition coefficient (Wildman–Crippen LogP) is 5.28. The number of halogens is 2. The van der Waals surface area contributed by atoms with Gasteiger partial charge in [0.1, 0.15) is 0 Å². The summed E-state index contributed by atoms with van der Waals surface area (Å²) in [5.41, 5.74) is 4.52. The number of hydrogen-bond donors (Lipinski definition) is 1. The minimum absolute atomic E-state index is 0.153. The van der Waals surface area contributed by atoms with Crippen LogP contribution in [0.1, 0.15) is 27.0 Å². The molecule has 0 radical (unpaired) electrons. The summed E-state index contributed by atoms with van der Waals surface area (Å²) >= 11 is 9.55. The van der Waals surface area contributed by atoms with Crippen molar-refractivity contribution in [3.8, 4) is 0 Å². The third kappa shape index (κ3) is 2.89. The van der Waals surface area contributed by atoms with Gasteiger partial charge in [0.05, 0.1) is 10.7 Å². The number of para-hydroxylation sites is 1. The van der Waals surface area contributed by atoms with E-state index in [-0.39, 0.29) is 5.91 Å². The molecule has 0 aliphatic rings. The van der Waals surface area contributed by atoms with Crippen LogP contribution in [-0.4, -0.2) is 5.91 Å². The van der Waals surface area contributed by atoms with Crippen molar-refractivity contribution >= 4 is 39.1 Å². The third-order valence-electron chi connectivity index (χ3n) is 3.52. The summed E-state index contributed by atoms with van der Waals surface area (Å²) in [6.45, 7) is 6.00. The maximum Gasteiger partial charge on any atom is 0.256 e. The Labute approximate surface area is 132 Å². The number of benzene rings is 2. The molecule has 1 N–H and O–H groups in total. The van der Waals surface area contributed by atoms with Gasteiger partial charge in [-0.05, 0) is 55.7 Å². The van der Waals surface area contributed by atoms with Gasteiger partial charge in [0.2, 0.25) is 0 Å². The monoisotopic (exact) mass is 351 g/mol. The van der Waals surface area contributed by atoms with Crippen LogP contribution in [0.3, 0.4) is 0 Å². The quantitative estimate of drug-likeness (QED) is 0.782. The molecular weight excluding hydrogens is 338 g/mol. The van der Waals surface area contributed by atoms with Crippen molar-refractivity contribution in [3.63, 3.8) is 0 Å². The first-order chi connectivity index (χ1) is 9.41. The Hall–Kier alpha value is -1.32. The molecule has 104 valence electrons. The van der Waals surface area contributed by atoms with Gasteiger partial charge in [-0.15, -0.1) is 0 Å². The summed E-state index contributed by atoms with van der Waals surface area (Å²) in [7, 11) is 0. The minimum atomic E-state index is -0.153. The van der Waals surface area contributed by atoms with Crippen LogP contribution in [0.4, 0.5) is 5.69 Å². The number of amides is 1. The summed E-state index contributed by atoms with van der Waals surface area (Å²) < 4.78 is 0.935. The number of carbonyl (C=O) groups excluding carboxylic acids is 1. The number of rotatable bonds is 2. The maximum atomic E-state index is 12.4. The SMILES string of the molecule is Cc1c(Br)cc(C(=O)Nc2ccccc2Cl)c(C)c1C. The molecule has 0 atom stereocenters. The van der Waals surface area contributed by atoms with Crippen molar-refractivity contribution in [2.45, 2.75) is 20.8 Å². The average Bonchev–Trinajstić information content (AvgIpc) is 2.43. The lowest BCUT2D eigenvalue weighted by Gasteiger charge is -2.14. The minimum Gasteiger partial charge on any atom is -0.321 e. The highest BCUT2D eigenvalue weighted by atomic mass is 79.9. The Balaban J connectivity index is 2.38. The molecule has 2 aromatic carbocycles. The Morgan fingerprint density at radius 1 is 1.10 bits per heavy atom. The lowest BCUT2D eigenvalue weighted by atomic mass is 9.98. The summed E-state index contributed by atoms with van der Waals surface area (Å²) in [4.78, 5) is 12.4. The fourth-order valence-electron chi connectivity index (χ4n) is 1.99. The number of nitrogens with one attached hydrogen (secondary N) is 1. The first-order valence-electron chi connectivity index (χ1n) is 6.24. The van der Waals surface area contributed by atoms with Gasteiger partial charge in [-0.2, -0.15) is 0 Å². The smallest absolute Gasteiger partial charge is 0.256 e. The average molecular weight is 353 g/mol. The molecule has 0 unspecified atom stereocenters. The van der Waals surface area contributed by atoms with Gasteiger partial charge in [0, 0.05) is 10.0 Å². The topological polar surface area (TPSA) is 29.1 Å². The van der Waals surface area contributed by atoms with Gasteiger partial charge in [-0.3, -0.25) is 4.79 Å². The Bertz CT molecular complexity index is 682. The molecule has 2 rings (SSSR count). The second kappa shape index (κ2) is 5.98. The van der Waals surface area contributed by atoms with Crippen LogP contribution in [-0.2, 0) is 0 Å². The molecule has 0 heterocycles. The van der Waals surface area contributed by atoms with Gasteiger partial charge < -0.3 is 5.32 Å². The molecule has 0 fully saturated rings. The van der Waals surface area contributed by atoms with Gasteiger partial charge in [-0.1, -0.05) is 39.7 Å². The summed E-state index contributed by atoms with van der Waals surface area (Å²) in [6, 6.07) is 9.05. The van der Waals surface area contributed by atoms with E-state index in [1.165, 1.54) is 0 Å². The fraction of sp³-hybridized carbons (Fsp3) is 0.188. The van der Waals surface area contributed by atoms with Gasteiger partial charge in [0.15, 0.2) is 0 Å². The second-order valence-electron chi connectivity index (χ2n) is 4.71. The van der Waals surface area contributed by atoms with Crippen molar-refractivity contribution in [1.29, 1.82) is 0 Å². The number of anilines is 1. The molecule has 0 bridgehead atoms. The molecule has 0 spiro atoms. The fourth-order valence-corrected chi connectivity index (χ4v) is 2.70. The zero-order valence-electron chi connectivity index (χ0n) is 11.6. The van der Waals surface area contributed by atoms with Gasteiger partial charge >= 0.3 is 0 Å². The molecule has 0 aliphatic carbocycles. The summed E-state index contributed by atoms with van der Waals surface area (Å²) in [6.07, 6.45) is 0. The molecule has 0 saturated heterocycles. The van der Waals surface area contributed by atoms with E-state index in [2.05, 4.69) is 21.2 Å². The van der Waals surface area contributed by atoms with E-state index in [1.54, 1.807) is 12.1 Å². The highest BCUT2D eigenvalue weighted by molar-refractivity contribution is 9.10.